The summed E-state index contributed by atoms with van der Waals surface area (Å²) in [5.41, 5.74) is 4.16. The van der Waals surface area contributed by atoms with E-state index in [1.807, 2.05) is 0 Å². The van der Waals surface area contributed by atoms with E-state index in [1.165, 1.54) is 0 Å². The predicted octanol–water partition coefficient (Wildman–Crippen LogP) is 2.19. The number of hydrogen-bond donors (Lipinski definition) is 2. The summed E-state index contributed by atoms with van der Waals surface area (Å²) in [6, 6.07) is 1.38. The molecular weight excluding hydrogens is 254 g/mol. The van der Waals surface area contributed by atoms with E-state index >= 15 is 0 Å². The van der Waals surface area contributed by atoms with Crippen LogP contribution in [0, 0.1) is 5.82 Å². The molecule has 0 aromatic heterocycles. The third-order valence-electron chi connectivity index (χ3n) is 2.40. The third kappa shape index (κ3) is 3.69. The molecule has 3 nitrogen and oxygen atoms in total. The zero-order valence-corrected chi connectivity index (χ0v) is 9.17. The van der Waals surface area contributed by atoms with Crippen molar-refractivity contribution in [2.45, 2.75) is 25.1 Å². The molecule has 0 spiro atoms. The molecule has 1 aromatic rings. The summed E-state index contributed by atoms with van der Waals surface area (Å²) >= 11 is 0. The van der Waals surface area contributed by atoms with Crippen molar-refractivity contribution in [3.8, 4) is 0 Å². The van der Waals surface area contributed by atoms with Crippen molar-refractivity contribution >= 4 is 5.97 Å². The van der Waals surface area contributed by atoms with Crippen LogP contribution in [-0.2, 0) is 17.4 Å². The average molecular weight is 265 g/mol. The van der Waals surface area contributed by atoms with Gasteiger partial charge >= 0.3 is 12.1 Å². The fourth-order valence-electron chi connectivity index (χ4n) is 1.39. The molecule has 0 aliphatic rings. The molecule has 0 aliphatic carbocycles. The van der Waals surface area contributed by atoms with Crippen LogP contribution >= 0.6 is 0 Å². The second-order valence-corrected chi connectivity index (χ2v) is 3.80. The van der Waals surface area contributed by atoms with E-state index < -0.39 is 29.6 Å². The van der Waals surface area contributed by atoms with Gasteiger partial charge in [-0.3, -0.25) is 4.79 Å². The quantitative estimate of drug-likeness (QED) is 0.820. The molecule has 0 heterocycles. The van der Waals surface area contributed by atoms with Gasteiger partial charge < -0.3 is 10.8 Å². The summed E-state index contributed by atoms with van der Waals surface area (Å²) < 4.78 is 49.9. The maximum absolute atomic E-state index is 13.2. The van der Waals surface area contributed by atoms with Crippen molar-refractivity contribution in [1.82, 2.24) is 0 Å². The Kier molecular flexibility index (Phi) is 4.28. The lowest BCUT2D eigenvalue weighted by atomic mass is 10.0. The van der Waals surface area contributed by atoms with Gasteiger partial charge in [-0.05, 0) is 30.5 Å². The first-order chi connectivity index (χ1) is 8.21. The molecule has 0 fully saturated rings. The summed E-state index contributed by atoms with van der Waals surface area (Å²) in [6.45, 7) is 0. The van der Waals surface area contributed by atoms with Gasteiger partial charge in [-0.2, -0.15) is 13.2 Å². The van der Waals surface area contributed by atoms with E-state index in [-0.39, 0.29) is 18.4 Å². The Morgan fingerprint density at radius 3 is 2.44 bits per heavy atom. The van der Waals surface area contributed by atoms with Gasteiger partial charge in [0.1, 0.15) is 11.9 Å². The fourth-order valence-corrected chi connectivity index (χ4v) is 1.39. The maximum Gasteiger partial charge on any atom is 0.419 e. The number of carboxylic acid groups (broad SMARTS) is 1. The molecule has 0 saturated heterocycles. The van der Waals surface area contributed by atoms with Crippen LogP contribution in [-0.4, -0.2) is 17.1 Å². The van der Waals surface area contributed by atoms with Crippen LogP contribution in [0.5, 0.6) is 0 Å². The number of aliphatic carboxylic acids is 1. The third-order valence-corrected chi connectivity index (χ3v) is 2.40. The zero-order valence-electron chi connectivity index (χ0n) is 9.17. The van der Waals surface area contributed by atoms with E-state index in [1.54, 1.807) is 0 Å². The van der Waals surface area contributed by atoms with Gasteiger partial charge in [0.05, 0.1) is 5.56 Å². The Morgan fingerprint density at radius 2 is 2.00 bits per heavy atom. The highest BCUT2D eigenvalue weighted by Crippen LogP contribution is 2.31. The number of alkyl halides is 3. The van der Waals surface area contributed by atoms with Gasteiger partial charge in [-0.1, -0.05) is 6.07 Å². The number of hydrogen-bond acceptors (Lipinski definition) is 2. The van der Waals surface area contributed by atoms with Crippen molar-refractivity contribution in [3.05, 3.63) is 35.1 Å². The second-order valence-electron chi connectivity index (χ2n) is 3.80. The monoisotopic (exact) mass is 265 g/mol. The average Bonchev–Trinajstić information content (AvgIpc) is 2.23. The number of nitrogens with two attached hydrogens (primary N) is 1. The largest absolute Gasteiger partial charge is 0.480 e. The van der Waals surface area contributed by atoms with Crippen molar-refractivity contribution in [3.63, 3.8) is 0 Å². The highest BCUT2D eigenvalue weighted by atomic mass is 19.4. The normalized spacial score (nSPS) is 13.4. The standard InChI is InChI=1S/C11H11F4NO2/c12-8-5-6(2-4-9(16)10(17)18)1-3-7(8)11(13,14)15/h1,3,5,9H,2,4,16H2,(H,17,18). The second kappa shape index (κ2) is 5.34. The van der Waals surface area contributed by atoms with E-state index in [9.17, 15) is 22.4 Å². The zero-order chi connectivity index (χ0) is 13.9. The molecule has 1 unspecified atom stereocenters. The van der Waals surface area contributed by atoms with Crippen molar-refractivity contribution in [1.29, 1.82) is 0 Å². The summed E-state index contributed by atoms with van der Waals surface area (Å²) in [5.74, 6) is -2.58. The lowest BCUT2D eigenvalue weighted by Gasteiger charge is -2.10. The number of halogens is 4. The minimum Gasteiger partial charge on any atom is -0.480 e. The SMILES string of the molecule is NC(CCc1ccc(C(F)(F)F)c(F)c1)C(=O)O. The molecule has 1 atom stereocenters. The molecule has 0 aliphatic heterocycles. The fraction of sp³-hybridized carbons (Fsp3) is 0.364. The molecule has 3 N–H and O–H groups in total. The first kappa shape index (κ1) is 14.4. The smallest absolute Gasteiger partial charge is 0.419 e. The van der Waals surface area contributed by atoms with Crippen molar-refractivity contribution in [2.75, 3.05) is 0 Å². The lowest BCUT2D eigenvalue weighted by Crippen LogP contribution is -2.30. The number of aryl methyl sites for hydroxylation is 1. The first-order valence-corrected chi connectivity index (χ1v) is 5.06. The summed E-state index contributed by atoms with van der Waals surface area (Å²) in [7, 11) is 0. The van der Waals surface area contributed by atoms with Crippen LogP contribution < -0.4 is 5.73 Å². The molecule has 0 amide bonds. The van der Waals surface area contributed by atoms with Gasteiger partial charge in [-0.15, -0.1) is 0 Å². The molecule has 0 bridgehead atoms. The maximum atomic E-state index is 13.2. The van der Waals surface area contributed by atoms with Crippen LogP contribution in [0.1, 0.15) is 17.5 Å². The summed E-state index contributed by atoms with van der Waals surface area (Å²) in [6.07, 6.45) is -4.61. The molecule has 1 rings (SSSR count). The highest BCUT2D eigenvalue weighted by Gasteiger charge is 2.33. The highest BCUT2D eigenvalue weighted by molar-refractivity contribution is 5.73. The van der Waals surface area contributed by atoms with Crippen LogP contribution in [0.25, 0.3) is 0 Å². The Bertz CT molecular complexity index is 445. The van der Waals surface area contributed by atoms with Gasteiger partial charge in [0.2, 0.25) is 0 Å². The van der Waals surface area contributed by atoms with Gasteiger partial charge in [0.25, 0.3) is 0 Å². The topological polar surface area (TPSA) is 63.3 Å². The molecule has 0 saturated carbocycles. The van der Waals surface area contributed by atoms with E-state index in [4.69, 9.17) is 10.8 Å². The number of rotatable bonds is 4. The van der Waals surface area contributed by atoms with Crippen molar-refractivity contribution < 1.29 is 27.5 Å². The van der Waals surface area contributed by atoms with Crippen LogP contribution in [0.4, 0.5) is 17.6 Å². The molecule has 0 radical (unpaired) electrons. The van der Waals surface area contributed by atoms with Crippen LogP contribution in [0.3, 0.4) is 0 Å². The Labute approximate surface area is 100 Å². The molecule has 18 heavy (non-hydrogen) atoms. The van der Waals surface area contributed by atoms with Gasteiger partial charge in [-0.25, -0.2) is 4.39 Å². The Morgan fingerprint density at radius 1 is 1.39 bits per heavy atom. The number of carboxylic acids is 1. The van der Waals surface area contributed by atoms with Gasteiger partial charge in [0, 0.05) is 0 Å². The number of carbonyl (C=O) groups is 1. The minimum atomic E-state index is -4.74. The van der Waals surface area contributed by atoms with Gasteiger partial charge in [0.15, 0.2) is 0 Å². The first-order valence-electron chi connectivity index (χ1n) is 5.06. The Balaban J connectivity index is 2.77. The Hall–Kier alpha value is -1.63. The van der Waals surface area contributed by atoms with E-state index in [0.717, 1.165) is 12.1 Å². The summed E-state index contributed by atoms with van der Waals surface area (Å²) in [4.78, 5) is 10.4. The van der Waals surface area contributed by atoms with E-state index in [2.05, 4.69) is 0 Å². The summed E-state index contributed by atoms with van der Waals surface area (Å²) in [5, 5.41) is 8.52. The van der Waals surface area contributed by atoms with Crippen LogP contribution in [0.2, 0.25) is 0 Å². The lowest BCUT2D eigenvalue weighted by molar-refractivity contribution is -0.140. The molecular formula is C11H11F4NO2. The van der Waals surface area contributed by atoms with E-state index in [0.29, 0.717) is 6.07 Å². The predicted molar refractivity (Wildman–Crippen MR) is 55.3 cm³/mol. The van der Waals surface area contributed by atoms with Crippen molar-refractivity contribution in [2.24, 2.45) is 5.73 Å². The number of benzene rings is 1. The van der Waals surface area contributed by atoms with Crippen LogP contribution in [0.15, 0.2) is 18.2 Å². The molecule has 100 valence electrons. The molecule has 7 heteroatoms. The minimum absolute atomic E-state index is 0.0279. The molecule has 1 aromatic carbocycles.